The number of hydrogen-bond donors (Lipinski definition) is 1. The van der Waals surface area contributed by atoms with Crippen LogP contribution in [0.25, 0.3) is 0 Å². The summed E-state index contributed by atoms with van der Waals surface area (Å²) in [6.45, 7) is 8.22. The Kier molecular flexibility index (Phi) is 7.33. The van der Waals surface area contributed by atoms with Crippen molar-refractivity contribution in [1.29, 1.82) is 0 Å². The zero-order valence-electron chi connectivity index (χ0n) is 11.9. The molecule has 19 heavy (non-hydrogen) atoms. The number of anilines is 1. The van der Waals surface area contributed by atoms with E-state index in [1.54, 1.807) is 0 Å². The van der Waals surface area contributed by atoms with Crippen molar-refractivity contribution in [2.45, 2.75) is 20.8 Å². The van der Waals surface area contributed by atoms with E-state index in [0.29, 0.717) is 0 Å². The Bertz CT molecular complexity index is 501. The average Bonchev–Trinajstić information content (AvgIpc) is 2.29. The lowest BCUT2D eigenvalue weighted by Gasteiger charge is -2.21. The molecule has 0 aliphatic rings. The fourth-order valence-electron chi connectivity index (χ4n) is 1.58. The molecule has 0 atom stereocenters. The van der Waals surface area contributed by atoms with Gasteiger partial charge in [-0.3, -0.25) is 4.79 Å². The molecule has 1 rings (SSSR count). The van der Waals surface area contributed by atoms with Gasteiger partial charge in [0.05, 0.1) is 6.26 Å². The number of primary sulfonamides is 1. The second kappa shape index (κ2) is 7.91. The van der Waals surface area contributed by atoms with Crippen LogP contribution in [0.15, 0.2) is 18.2 Å². The van der Waals surface area contributed by atoms with Crippen LogP contribution in [0.1, 0.15) is 29.8 Å². The highest BCUT2D eigenvalue weighted by Gasteiger charge is 2.03. The van der Waals surface area contributed by atoms with E-state index < -0.39 is 10.0 Å². The van der Waals surface area contributed by atoms with Crippen molar-refractivity contribution < 1.29 is 13.2 Å². The molecule has 0 fully saturated rings. The first kappa shape index (κ1) is 17.6. The predicted octanol–water partition coefficient (Wildman–Crippen LogP) is 1.56. The standard InChI is InChI=1S/C12H17NO.CH5NO2S/c1-4-13(5-2)12-7-6-11(9-14)10(3)8-12;1-5(2,3)4/h6-9H,4-5H2,1-3H3;1H3,(H2,2,3,4). The van der Waals surface area contributed by atoms with Gasteiger partial charge in [0.15, 0.2) is 0 Å². The molecule has 0 unspecified atom stereocenters. The van der Waals surface area contributed by atoms with E-state index in [9.17, 15) is 13.2 Å². The van der Waals surface area contributed by atoms with Crippen molar-refractivity contribution in [1.82, 2.24) is 0 Å². The van der Waals surface area contributed by atoms with Crippen LogP contribution >= 0.6 is 0 Å². The van der Waals surface area contributed by atoms with E-state index in [-0.39, 0.29) is 0 Å². The lowest BCUT2D eigenvalue weighted by molar-refractivity contribution is 0.112. The number of aldehydes is 1. The van der Waals surface area contributed by atoms with Gasteiger partial charge in [-0.1, -0.05) is 0 Å². The van der Waals surface area contributed by atoms with Crippen LogP contribution in [-0.2, 0) is 10.0 Å². The molecule has 0 saturated heterocycles. The summed E-state index contributed by atoms with van der Waals surface area (Å²) in [6, 6.07) is 5.95. The molecule has 5 nitrogen and oxygen atoms in total. The molecular weight excluding hydrogens is 264 g/mol. The normalized spacial score (nSPS) is 10.4. The van der Waals surface area contributed by atoms with E-state index in [1.807, 2.05) is 19.1 Å². The Hall–Kier alpha value is -1.40. The summed E-state index contributed by atoms with van der Waals surface area (Å²) >= 11 is 0. The van der Waals surface area contributed by atoms with Crippen LogP contribution in [0.2, 0.25) is 0 Å². The van der Waals surface area contributed by atoms with Crippen LogP contribution in [0.3, 0.4) is 0 Å². The molecule has 1 aromatic carbocycles. The van der Waals surface area contributed by atoms with Crippen LogP contribution in [-0.4, -0.2) is 34.0 Å². The van der Waals surface area contributed by atoms with Gasteiger partial charge in [0.2, 0.25) is 10.0 Å². The Morgan fingerprint density at radius 3 is 2.05 bits per heavy atom. The Balaban J connectivity index is 0.000000555. The number of carbonyl (C=O) groups excluding carboxylic acids is 1. The zero-order chi connectivity index (χ0) is 15.1. The minimum atomic E-state index is -3.17. The van der Waals surface area contributed by atoms with Crippen LogP contribution in [0.4, 0.5) is 5.69 Å². The minimum Gasteiger partial charge on any atom is -0.372 e. The quantitative estimate of drug-likeness (QED) is 0.852. The van der Waals surface area contributed by atoms with Crippen LogP contribution < -0.4 is 10.0 Å². The second-order valence-corrected chi connectivity index (χ2v) is 5.82. The summed E-state index contributed by atoms with van der Waals surface area (Å²) in [5.41, 5.74) is 3.02. The molecule has 0 saturated carbocycles. The maximum Gasteiger partial charge on any atom is 0.206 e. The van der Waals surface area contributed by atoms with E-state index in [0.717, 1.165) is 36.8 Å². The van der Waals surface area contributed by atoms with Gasteiger partial charge >= 0.3 is 0 Å². The maximum absolute atomic E-state index is 10.6. The third-order valence-corrected chi connectivity index (χ3v) is 2.51. The molecule has 0 aromatic heterocycles. The maximum atomic E-state index is 10.6. The molecule has 0 aliphatic heterocycles. The first-order chi connectivity index (χ1) is 8.72. The number of carbonyl (C=O) groups is 1. The molecular formula is C13H22N2O3S. The molecule has 2 N–H and O–H groups in total. The van der Waals surface area contributed by atoms with E-state index in [2.05, 4.69) is 30.0 Å². The van der Waals surface area contributed by atoms with Gasteiger partial charge in [-0.25, -0.2) is 13.6 Å². The van der Waals surface area contributed by atoms with Crippen molar-refractivity contribution in [3.63, 3.8) is 0 Å². The summed E-state index contributed by atoms with van der Waals surface area (Å²) in [4.78, 5) is 12.9. The zero-order valence-corrected chi connectivity index (χ0v) is 12.7. The molecule has 0 bridgehead atoms. The van der Waals surface area contributed by atoms with E-state index >= 15 is 0 Å². The Morgan fingerprint density at radius 1 is 1.26 bits per heavy atom. The van der Waals surface area contributed by atoms with Gasteiger partial charge in [-0.15, -0.1) is 0 Å². The van der Waals surface area contributed by atoms with Crippen molar-refractivity contribution in [3.8, 4) is 0 Å². The van der Waals surface area contributed by atoms with Crippen LogP contribution in [0, 0.1) is 6.92 Å². The number of aryl methyl sites for hydroxylation is 1. The number of sulfonamides is 1. The average molecular weight is 286 g/mol. The summed E-state index contributed by atoms with van der Waals surface area (Å²) in [7, 11) is -3.17. The Labute approximate surface area is 115 Å². The molecule has 108 valence electrons. The minimum absolute atomic E-state index is 0.779. The van der Waals surface area contributed by atoms with Gasteiger partial charge in [0.1, 0.15) is 6.29 Å². The summed E-state index contributed by atoms with van der Waals surface area (Å²) in [5.74, 6) is 0. The molecule has 0 spiro atoms. The topological polar surface area (TPSA) is 80.5 Å². The van der Waals surface area contributed by atoms with E-state index in [4.69, 9.17) is 0 Å². The van der Waals surface area contributed by atoms with Crippen molar-refractivity contribution in [3.05, 3.63) is 29.3 Å². The SMILES string of the molecule is CCN(CC)c1ccc(C=O)c(C)c1.CS(N)(=O)=O. The first-order valence-electron chi connectivity index (χ1n) is 6.01. The fraction of sp³-hybridized carbons (Fsp3) is 0.462. The lowest BCUT2D eigenvalue weighted by Crippen LogP contribution is -2.21. The van der Waals surface area contributed by atoms with Gasteiger partial charge in [-0.05, 0) is 44.5 Å². The monoisotopic (exact) mass is 286 g/mol. The molecule has 0 radical (unpaired) electrons. The van der Waals surface area contributed by atoms with Crippen molar-refractivity contribution >= 4 is 22.0 Å². The Morgan fingerprint density at radius 2 is 1.74 bits per heavy atom. The highest BCUT2D eigenvalue weighted by atomic mass is 32.2. The third-order valence-electron chi connectivity index (χ3n) is 2.51. The van der Waals surface area contributed by atoms with Crippen LogP contribution in [0.5, 0.6) is 0 Å². The number of benzene rings is 1. The lowest BCUT2D eigenvalue weighted by atomic mass is 10.1. The van der Waals surface area contributed by atoms with Gasteiger partial charge in [0.25, 0.3) is 0 Å². The van der Waals surface area contributed by atoms with E-state index in [1.165, 1.54) is 5.69 Å². The molecule has 1 aromatic rings. The summed E-state index contributed by atoms with van der Waals surface area (Å²) in [6.07, 6.45) is 1.84. The number of rotatable bonds is 4. The largest absolute Gasteiger partial charge is 0.372 e. The highest BCUT2D eigenvalue weighted by molar-refractivity contribution is 7.88. The smallest absolute Gasteiger partial charge is 0.206 e. The number of nitrogens with two attached hydrogens (primary N) is 1. The predicted molar refractivity (Wildman–Crippen MR) is 79.2 cm³/mol. The third kappa shape index (κ3) is 7.58. The van der Waals surface area contributed by atoms with Crippen molar-refractivity contribution in [2.75, 3.05) is 24.2 Å². The number of nitrogens with zero attached hydrogens (tertiary/aromatic N) is 1. The van der Waals surface area contributed by atoms with Gasteiger partial charge in [0, 0.05) is 24.3 Å². The molecule has 0 aliphatic carbocycles. The summed E-state index contributed by atoms with van der Waals surface area (Å²) < 4.78 is 18.8. The molecule has 0 amide bonds. The second-order valence-electron chi connectivity index (χ2n) is 4.16. The number of hydrogen-bond acceptors (Lipinski definition) is 4. The molecule has 0 heterocycles. The summed E-state index contributed by atoms with van der Waals surface area (Å²) in [5, 5.41) is 4.33. The van der Waals surface area contributed by atoms with Gasteiger partial charge in [-0.2, -0.15) is 0 Å². The molecule has 6 heteroatoms. The van der Waals surface area contributed by atoms with Crippen molar-refractivity contribution in [2.24, 2.45) is 5.14 Å². The first-order valence-corrected chi connectivity index (χ1v) is 7.96. The fourth-order valence-corrected chi connectivity index (χ4v) is 1.58. The van der Waals surface area contributed by atoms with Gasteiger partial charge < -0.3 is 4.90 Å². The highest BCUT2D eigenvalue weighted by Crippen LogP contribution is 2.17.